The molecule has 1 aromatic carbocycles. The van der Waals surface area contributed by atoms with Crippen LogP contribution < -0.4 is 4.90 Å². The normalized spacial score (nSPS) is 17.9. The van der Waals surface area contributed by atoms with Gasteiger partial charge >= 0.3 is 6.09 Å². The first-order valence-electron chi connectivity index (χ1n) is 6.11. The Hall–Kier alpha value is -2.39. The van der Waals surface area contributed by atoms with E-state index in [1.54, 1.807) is 17.0 Å². The molecule has 1 aromatic heterocycles. The van der Waals surface area contributed by atoms with Crippen LogP contribution in [0.5, 0.6) is 0 Å². The summed E-state index contributed by atoms with van der Waals surface area (Å²) >= 11 is 1.41. The van der Waals surface area contributed by atoms with Gasteiger partial charge in [0.15, 0.2) is 5.13 Å². The predicted molar refractivity (Wildman–Crippen MR) is 75.6 cm³/mol. The predicted octanol–water partition coefficient (Wildman–Crippen LogP) is 3.03. The summed E-state index contributed by atoms with van der Waals surface area (Å²) in [5.41, 5.74) is 2.33. The molecule has 1 unspecified atom stereocenters. The van der Waals surface area contributed by atoms with Crippen molar-refractivity contribution in [1.29, 1.82) is 5.26 Å². The minimum atomic E-state index is -0.349. The fourth-order valence-electron chi connectivity index (χ4n) is 2.01. The van der Waals surface area contributed by atoms with Crippen molar-refractivity contribution < 1.29 is 9.53 Å². The first-order valence-corrected chi connectivity index (χ1v) is 6.99. The Morgan fingerprint density at radius 3 is 2.80 bits per heavy atom. The van der Waals surface area contributed by atoms with E-state index >= 15 is 0 Å². The molecule has 0 radical (unpaired) electrons. The zero-order chi connectivity index (χ0) is 14.1. The summed E-state index contributed by atoms with van der Waals surface area (Å²) in [7, 11) is 0. The highest BCUT2D eigenvalue weighted by molar-refractivity contribution is 7.14. The van der Waals surface area contributed by atoms with Crippen molar-refractivity contribution in [2.75, 3.05) is 11.5 Å². The largest absolute Gasteiger partial charge is 0.447 e. The molecule has 1 saturated heterocycles. The molecule has 1 aliphatic heterocycles. The highest BCUT2D eigenvalue weighted by Gasteiger charge is 2.32. The van der Waals surface area contributed by atoms with Crippen LogP contribution >= 0.6 is 11.3 Å². The Balaban J connectivity index is 1.90. The van der Waals surface area contributed by atoms with Gasteiger partial charge in [-0.2, -0.15) is 5.26 Å². The minimum Gasteiger partial charge on any atom is -0.447 e. The van der Waals surface area contributed by atoms with Crippen LogP contribution in [-0.2, 0) is 4.74 Å². The van der Waals surface area contributed by atoms with E-state index in [-0.39, 0.29) is 12.1 Å². The first-order chi connectivity index (χ1) is 9.69. The fraction of sp³-hybridized carbons (Fsp3) is 0.214. The zero-order valence-corrected chi connectivity index (χ0v) is 11.6. The Morgan fingerprint density at radius 1 is 1.45 bits per heavy atom. The van der Waals surface area contributed by atoms with Crippen molar-refractivity contribution in [3.05, 3.63) is 35.2 Å². The third-order valence-corrected chi connectivity index (χ3v) is 3.93. The Morgan fingerprint density at radius 2 is 2.20 bits per heavy atom. The SMILES string of the molecule is CC1COC(=O)N1c1nc(-c2ccc(C#N)cc2)cs1. The van der Waals surface area contributed by atoms with E-state index in [1.807, 2.05) is 24.4 Å². The van der Waals surface area contributed by atoms with Crippen LogP contribution in [0.15, 0.2) is 29.6 Å². The molecule has 1 atom stereocenters. The third kappa shape index (κ3) is 2.12. The summed E-state index contributed by atoms with van der Waals surface area (Å²) in [4.78, 5) is 17.7. The van der Waals surface area contributed by atoms with Gasteiger partial charge in [0.05, 0.1) is 23.4 Å². The van der Waals surface area contributed by atoms with Gasteiger partial charge in [0.2, 0.25) is 0 Å². The molecule has 100 valence electrons. The molecule has 1 amide bonds. The second-order valence-corrected chi connectivity index (χ2v) is 5.34. The summed E-state index contributed by atoms with van der Waals surface area (Å²) in [6, 6.07) is 9.29. The van der Waals surface area contributed by atoms with Gasteiger partial charge in [-0.05, 0) is 19.1 Å². The number of rotatable bonds is 2. The molecule has 20 heavy (non-hydrogen) atoms. The average molecular weight is 285 g/mol. The third-order valence-electron chi connectivity index (χ3n) is 3.09. The smallest absolute Gasteiger partial charge is 0.416 e. The molecular formula is C14H11N3O2S. The number of cyclic esters (lactones) is 1. The number of carbonyl (C=O) groups excluding carboxylic acids is 1. The lowest BCUT2D eigenvalue weighted by Gasteiger charge is -2.13. The molecule has 1 fully saturated rings. The summed E-state index contributed by atoms with van der Waals surface area (Å²) in [5.74, 6) is 0. The highest BCUT2D eigenvalue weighted by Crippen LogP contribution is 2.30. The average Bonchev–Trinajstić information content (AvgIpc) is 3.06. The number of ether oxygens (including phenoxy) is 1. The topological polar surface area (TPSA) is 66.2 Å². The van der Waals surface area contributed by atoms with Gasteiger partial charge in [0, 0.05) is 10.9 Å². The molecule has 0 aliphatic carbocycles. The Bertz CT molecular complexity index is 687. The number of aromatic nitrogens is 1. The molecule has 5 nitrogen and oxygen atoms in total. The van der Waals surface area contributed by atoms with E-state index in [0.717, 1.165) is 11.3 Å². The van der Waals surface area contributed by atoms with Gasteiger partial charge in [0.1, 0.15) is 6.61 Å². The van der Waals surface area contributed by atoms with E-state index in [0.29, 0.717) is 17.3 Å². The monoisotopic (exact) mass is 285 g/mol. The molecule has 0 saturated carbocycles. The number of carbonyl (C=O) groups is 1. The first kappa shape index (κ1) is 12.6. The molecule has 0 N–H and O–H groups in total. The summed E-state index contributed by atoms with van der Waals surface area (Å²) in [6.45, 7) is 2.32. The maximum absolute atomic E-state index is 11.6. The van der Waals surface area contributed by atoms with E-state index in [9.17, 15) is 4.79 Å². The van der Waals surface area contributed by atoms with Crippen molar-refractivity contribution >= 4 is 22.6 Å². The van der Waals surface area contributed by atoms with Crippen LogP contribution in [0.4, 0.5) is 9.93 Å². The van der Waals surface area contributed by atoms with Crippen molar-refractivity contribution in [3.8, 4) is 17.3 Å². The zero-order valence-electron chi connectivity index (χ0n) is 10.7. The van der Waals surface area contributed by atoms with E-state index in [1.165, 1.54) is 11.3 Å². The number of benzene rings is 1. The summed E-state index contributed by atoms with van der Waals surface area (Å²) in [6.07, 6.45) is -0.349. The second kappa shape index (κ2) is 4.94. The van der Waals surface area contributed by atoms with Gasteiger partial charge in [0.25, 0.3) is 0 Å². The summed E-state index contributed by atoms with van der Waals surface area (Å²) in [5, 5.41) is 11.3. The van der Waals surface area contributed by atoms with E-state index < -0.39 is 0 Å². The van der Waals surface area contributed by atoms with Crippen LogP contribution in [0.2, 0.25) is 0 Å². The van der Waals surface area contributed by atoms with Gasteiger partial charge in [-0.25, -0.2) is 14.7 Å². The van der Waals surface area contributed by atoms with E-state index in [4.69, 9.17) is 10.00 Å². The molecule has 0 bridgehead atoms. The number of thiazole rings is 1. The Labute approximate surface area is 120 Å². The van der Waals surface area contributed by atoms with Crippen LogP contribution in [0.3, 0.4) is 0 Å². The lowest BCUT2D eigenvalue weighted by molar-refractivity contribution is 0.179. The quantitative estimate of drug-likeness (QED) is 0.850. The molecule has 0 spiro atoms. The number of nitriles is 1. The number of amides is 1. The minimum absolute atomic E-state index is 0.00228. The number of nitrogens with zero attached hydrogens (tertiary/aromatic N) is 3. The van der Waals surface area contributed by atoms with Gasteiger partial charge in [-0.15, -0.1) is 11.3 Å². The van der Waals surface area contributed by atoms with Crippen molar-refractivity contribution in [1.82, 2.24) is 4.98 Å². The van der Waals surface area contributed by atoms with Crippen LogP contribution in [-0.4, -0.2) is 23.7 Å². The van der Waals surface area contributed by atoms with Crippen LogP contribution in [0.1, 0.15) is 12.5 Å². The van der Waals surface area contributed by atoms with Crippen molar-refractivity contribution in [3.63, 3.8) is 0 Å². The van der Waals surface area contributed by atoms with Gasteiger partial charge in [-0.3, -0.25) is 0 Å². The lowest BCUT2D eigenvalue weighted by atomic mass is 10.1. The highest BCUT2D eigenvalue weighted by atomic mass is 32.1. The molecule has 6 heteroatoms. The Kier molecular flexibility index (Phi) is 3.12. The number of hydrogen-bond acceptors (Lipinski definition) is 5. The summed E-state index contributed by atoms with van der Waals surface area (Å²) < 4.78 is 5.00. The number of hydrogen-bond donors (Lipinski definition) is 0. The maximum Gasteiger partial charge on any atom is 0.416 e. The van der Waals surface area contributed by atoms with Crippen molar-refractivity contribution in [2.24, 2.45) is 0 Å². The van der Waals surface area contributed by atoms with Crippen LogP contribution in [0, 0.1) is 11.3 Å². The fourth-order valence-corrected chi connectivity index (χ4v) is 2.93. The van der Waals surface area contributed by atoms with Gasteiger partial charge in [-0.1, -0.05) is 12.1 Å². The molecule has 3 rings (SSSR count). The van der Waals surface area contributed by atoms with Crippen molar-refractivity contribution in [2.45, 2.75) is 13.0 Å². The van der Waals surface area contributed by atoms with E-state index in [2.05, 4.69) is 11.1 Å². The molecular weight excluding hydrogens is 274 g/mol. The molecule has 2 aromatic rings. The lowest BCUT2D eigenvalue weighted by Crippen LogP contribution is -2.30. The standard InChI is InChI=1S/C14H11N3O2S/c1-9-7-19-14(18)17(9)13-16-12(8-20-13)11-4-2-10(6-15)3-5-11/h2-5,8-9H,7H2,1H3. The molecule has 2 heterocycles. The van der Waals surface area contributed by atoms with Gasteiger partial charge < -0.3 is 4.74 Å². The molecule has 1 aliphatic rings. The number of anilines is 1. The van der Waals surface area contributed by atoms with Crippen LogP contribution in [0.25, 0.3) is 11.3 Å². The maximum atomic E-state index is 11.6. The second-order valence-electron chi connectivity index (χ2n) is 4.50.